The van der Waals surface area contributed by atoms with Gasteiger partial charge in [-0.05, 0) is 24.7 Å². The number of aliphatic hydroxyl groups is 1. The van der Waals surface area contributed by atoms with E-state index in [1.165, 1.54) is 19.3 Å². The second-order valence-electron chi connectivity index (χ2n) is 4.50. The lowest BCUT2D eigenvalue weighted by Gasteiger charge is -2.42. The van der Waals surface area contributed by atoms with Crippen molar-refractivity contribution in [3.05, 3.63) is 0 Å². The van der Waals surface area contributed by atoms with Crippen LogP contribution in [-0.2, 0) is 0 Å². The van der Waals surface area contributed by atoms with E-state index in [0.717, 1.165) is 12.8 Å². The molecule has 0 amide bonds. The van der Waals surface area contributed by atoms with E-state index < -0.39 is 0 Å². The van der Waals surface area contributed by atoms with Gasteiger partial charge < -0.3 is 5.11 Å². The Morgan fingerprint density at radius 2 is 2.08 bits per heavy atom. The SMILES string of the molecule is CCC1CCCCC1(O)C(C)C. The van der Waals surface area contributed by atoms with Crippen molar-refractivity contribution in [1.82, 2.24) is 0 Å². The summed E-state index contributed by atoms with van der Waals surface area (Å²) in [6.07, 6.45) is 5.90. The van der Waals surface area contributed by atoms with Gasteiger partial charge in [0.25, 0.3) is 0 Å². The molecule has 0 heterocycles. The molecule has 0 aromatic rings. The van der Waals surface area contributed by atoms with Crippen molar-refractivity contribution in [2.45, 2.75) is 58.5 Å². The third kappa shape index (κ3) is 1.66. The van der Waals surface area contributed by atoms with E-state index >= 15 is 0 Å². The first-order valence-electron chi connectivity index (χ1n) is 5.33. The Labute approximate surface area is 76.2 Å². The first-order valence-corrected chi connectivity index (χ1v) is 5.33. The van der Waals surface area contributed by atoms with Gasteiger partial charge in [-0.1, -0.05) is 40.0 Å². The van der Waals surface area contributed by atoms with Gasteiger partial charge in [-0.3, -0.25) is 0 Å². The van der Waals surface area contributed by atoms with Gasteiger partial charge in [0.2, 0.25) is 0 Å². The van der Waals surface area contributed by atoms with E-state index in [9.17, 15) is 5.11 Å². The van der Waals surface area contributed by atoms with Gasteiger partial charge >= 0.3 is 0 Å². The van der Waals surface area contributed by atoms with Crippen molar-refractivity contribution >= 4 is 0 Å². The molecule has 1 heteroatoms. The van der Waals surface area contributed by atoms with Gasteiger partial charge in [-0.25, -0.2) is 0 Å². The standard InChI is InChI=1S/C11H22O/c1-4-10-7-5-6-8-11(10,12)9(2)3/h9-10,12H,4-8H2,1-3H3. The fourth-order valence-corrected chi connectivity index (χ4v) is 2.57. The molecule has 2 atom stereocenters. The van der Waals surface area contributed by atoms with Crippen LogP contribution in [0.2, 0.25) is 0 Å². The number of rotatable bonds is 2. The normalized spacial score (nSPS) is 37.2. The zero-order valence-corrected chi connectivity index (χ0v) is 8.64. The molecular weight excluding hydrogens is 148 g/mol. The van der Waals surface area contributed by atoms with Gasteiger partial charge in [0.05, 0.1) is 5.60 Å². The summed E-state index contributed by atoms with van der Waals surface area (Å²) in [5, 5.41) is 10.4. The Morgan fingerprint density at radius 3 is 2.50 bits per heavy atom. The zero-order chi connectivity index (χ0) is 9.19. The second kappa shape index (κ2) is 3.78. The number of hydrogen-bond donors (Lipinski definition) is 1. The summed E-state index contributed by atoms with van der Waals surface area (Å²) < 4.78 is 0. The predicted molar refractivity (Wildman–Crippen MR) is 52.0 cm³/mol. The average molecular weight is 170 g/mol. The average Bonchev–Trinajstić information content (AvgIpc) is 2.05. The molecule has 1 nitrogen and oxygen atoms in total. The van der Waals surface area contributed by atoms with Gasteiger partial charge in [0.1, 0.15) is 0 Å². The molecule has 1 fully saturated rings. The maximum Gasteiger partial charge on any atom is 0.0698 e. The van der Waals surface area contributed by atoms with Crippen LogP contribution in [0.1, 0.15) is 52.9 Å². The molecule has 0 spiro atoms. The smallest absolute Gasteiger partial charge is 0.0698 e. The van der Waals surface area contributed by atoms with Crippen LogP contribution in [0.3, 0.4) is 0 Å². The summed E-state index contributed by atoms with van der Waals surface area (Å²) in [6, 6.07) is 0. The first-order chi connectivity index (χ1) is 5.61. The van der Waals surface area contributed by atoms with Crippen LogP contribution in [0.15, 0.2) is 0 Å². The fourth-order valence-electron chi connectivity index (χ4n) is 2.57. The highest BCUT2D eigenvalue weighted by molar-refractivity contribution is 4.91. The molecule has 2 unspecified atom stereocenters. The molecule has 1 saturated carbocycles. The summed E-state index contributed by atoms with van der Waals surface area (Å²) in [4.78, 5) is 0. The molecule has 0 radical (unpaired) electrons. The van der Waals surface area contributed by atoms with E-state index in [2.05, 4.69) is 20.8 Å². The predicted octanol–water partition coefficient (Wildman–Crippen LogP) is 2.97. The summed E-state index contributed by atoms with van der Waals surface area (Å²) in [5.74, 6) is 0.967. The van der Waals surface area contributed by atoms with Crippen LogP contribution in [-0.4, -0.2) is 10.7 Å². The molecule has 0 aliphatic heterocycles. The zero-order valence-electron chi connectivity index (χ0n) is 8.64. The molecule has 0 aromatic carbocycles. The van der Waals surface area contributed by atoms with E-state index in [0.29, 0.717) is 11.8 Å². The highest BCUT2D eigenvalue weighted by atomic mass is 16.3. The highest BCUT2D eigenvalue weighted by Gasteiger charge is 2.39. The molecule has 1 N–H and O–H groups in total. The lowest BCUT2D eigenvalue weighted by molar-refractivity contribution is -0.0857. The fraction of sp³-hybridized carbons (Fsp3) is 1.00. The van der Waals surface area contributed by atoms with Gasteiger partial charge in [0.15, 0.2) is 0 Å². The Kier molecular flexibility index (Phi) is 3.16. The Balaban J connectivity index is 2.68. The van der Waals surface area contributed by atoms with Crippen molar-refractivity contribution in [3.8, 4) is 0 Å². The molecule has 0 aromatic heterocycles. The van der Waals surface area contributed by atoms with Crippen molar-refractivity contribution in [2.75, 3.05) is 0 Å². The molecule has 72 valence electrons. The third-order valence-corrected chi connectivity index (χ3v) is 3.58. The second-order valence-corrected chi connectivity index (χ2v) is 4.50. The molecule has 1 aliphatic rings. The van der Waals surface area contributed by atoms with Crippen LogP contribution >= 0.6 is 0 Å². The van der Waals surface area contributed by atoms with E-state index in [1.807, 2.05) is 0 Å². The Hall–Kier alpha value is -0.0400. The number of hydrogen-bond acceptors (Lipinski definition) is 1. The van der Waals surface area contributed by atoms with Gasteiger partial charge in [-0.15, -0.1) is 0 Å². The maximum atomic E-state index is 10.4. The van der Waals surface area contributed by atoms with Crippen molar-refractivity contribution < 1.29 is 5.11 Å². The molecular formula is C11H22O. The minimum absolute atomic E-state index is 0.354. The van der Waals surface area contributed by atoms with Crippen LogP contribution in [0.4, 0.5) is 0 Å². The highest BCUT2D eigenvalue weighted by Crippen LogP contribution is 2.40. The summed E-state index contributed by atoms with van der Waals surface area (Å²) >= 11 is 0. The van der Waals surface area contributed by atoms with Crippen molar-refractivity contribution in [3.63, 3.8) is 0 Å². The summed E-state index contributed by atoms with van der Waals surface area (Å²) in [5.41, 5.74) is -0.354. The lowest BCUT2D eigenvalue weighted by atomic mass is 9.68. The maximum absolute atomic E-state index is 10.4. The van der Waals surface area contributed by atoms with E-state index in [-0.39, 0.29) is 5.60 Å². The largest absolute Gasteiger partial charge is 0.389 e. The molecule has 1 aliphatic carbocycles. The Bertz CT molecular complexity index is 142. The van der Waals surface area contributed by atoms with Gasteiger partial charge in [0, 0.05) is 0 Å². The van der Waals surface area contributed by atoms with Crippen LogP contribution < -0.4 is 0 Å². The monoisotopic (exact) mass is 170 g/mol. The lowest BCUT2D eigenvalue weighted by Crippen LogP contribution is -2.44. The van der Waals surface area contributed by atoms with E-state index in [4.69, 9.17) is 0 Å². The van der Waals surface area contributed by atoms with Crippen molar-refractivity contribution in [1.29, 1.82) is 0 Å². The summed E-state index contributed by atoms with van der Waals surface area (Å²) in [7, 11) is 0. The van der Waals surface area contributed by atoms with E-state index in [1.54, 1.807) is 0 Å². The van der Waals surface area contributed by atoms with Crippen LogP contribution in [0, 0.1) is 11.8 Å². The van der Waals surface area contributed by atoms with Crippen LogP contribution in [0.25, 0.3) is 0 Å². The summed E-state index contributed by atoms with van der Waals surface area (Å²) in [6.45, 7) is 6.49. The van der Waals surface area contributed by atoms with Crippen molar-refractivity contribution in [2.24, 2.45) is 11.8 Å². The molecule has 0 saturated heterocycles. The van der Waals surface area contributed by atoms with Gasteiger partial charge in [-0.2, -0.15) is 0 Å². The Morgan fingerprint density at radius 1 is 1.42 bits per heavy atom. The minimum Gasteiger partial charge on any atom is -0.389 e. The quantitative estimate of drug-likeness (QED) is 0.675. The topological polar surface area (TPSA) is 20.2 Å². The molecule has 0 bridgehead atoms. The third-order valence-electron chi connectivity index (χ3n) is 3.58. The molecule has 1 rings (SSSR count). The first kappa shape index (κ1) is 10.0. The molecule has 12 heavy (non-hydrogen) atoms. The minimum atomic E-state index is -0.354. The van der Waals surface area contributed by atoms with Crippen LogP contribution in [0.5, 0.6) is 0 Å².